The summed E-state index contributed by atoms with van der Waals surface area (Å²) >= 11 is 0. The van der Waals surface area contributed by atoms with E-state index in [1.54, 1.807) is 12.1 Å². The van der Waals surface area contributed by atoms with Crippen LogP contribution in [0.4, 0.5) is 16.0 Å². The largest absolute Gasteiger partial charge is 0.370 e. The second kappa shape index (κ2) is 7.54. The van der Waals surface area contributed by atoms with E-state index in [1.807, 2.05) is 6.07 Å². The summed E-state index contributed by atoms with van der Waals surface area (Å²) in [4.78, 5) is 8.71. The lowest BCUT2D eigenvalue weighted by atomic mass is 10.1. The van der Waals surface area contributed by atoms with Gasteiger partial charge in [-0.1, -0.05) is 19.1 Å². The van der Waals surface area contributed by atoms with Crippen molar-refractivity contribution in [2.24, 2.45) is 5.84 Å². The van der Waals surface area contributed by atoms with Gasteiger partial charge in [-0.2, -0.15) is 0 Å². The number of nitrogens with one attached hydrogen (secondary N) is 2. The summed E-state index contributed by atoms with van der Waals surface area (Å²) in [5.74, 6) is 7.25. The Morgan fingerprint density at radius 3 is 2.67 bits per heavy atom. The molecule has 1 aromatic heterocycles. The maximum Gasteiger partial charge on any atom is 0.145 e. The number of aromatic nitrogens is 2. The fourth-order valence-electron chi connectivity index (χ4n) is 2.02. The standard InChI is InChI=1S/C15H20FN5/c1-2-4-13-19-14(10-15(20-13)21-17)18-8-7-11-5-3-6-12(16)9-11/h3,5-6,9-10H,2,4,7-8,17H2,1H3,(H2,18,19,20,21). The first-order valence-electron chi connectivity index (χ1n) is 7.04. The minimum Gasteiger partial charge on any atom is -0.370 e. The van der Waals surface area contributed by atoms with Crippen LogP contribution in [0.5, 0.6) is 0 Å². The maximum absolute atomic E-state index is 13.1. The summed E-state index contributed by atoms with van der Waals surface area (Å²) in [6.45, 7) is 2.74. The van der Waals surface area contributed by atoms with Gasteiger partial charge in [-0.25, -0.2) is 20.2 Å². The van der Waals surface area contributed by atoms with Crippen LogP contribution >= 0.6 is 0 Å². The van der Waals surface area contributed by atoms with Crippen molar-refractivity contribution in [2.45, 2.75) is 26.2 Å². The minimum absolute atomic E-state index is 0.214. The molecule has 5 nitrogen and oxygen atoms in total. The highest BCUT2D eigenvalue weighted by Gasteiger charge is 2.03. The van der Waals surface area contributed by atoms with Crippen molar-refractivity contribution in [3.8, 4) is 0 Å². The van der Waals surface area contributed by atoms with Gasteiger partial charge >= 0.3 is 0 Å². The molecule has 1 heterocycles. The summed E-state index contributed by atoms with van der Waals surface area (Å²) in [7, 11) is 0. The lowest BCUT2D eigenvalue weighted by Gasteiger charge is -2.09. The molecule has 0 fully saturated rings. The zero-order chi connectivity index (χ0) is 15.1. The highest BCUT2D eigenvalue weighted by Crippen LogP contribution is 2.12. The van der Waals surface area contributed by atoms with E-state index < -0.39 is 0 Å². The van der Waals surface area contributed by atoms with Crippen LogP contribution in [0.25, 0.3) is 0 Å². The molecular weight excluding hydrogens is 269 g/mol. The quantitative estimate of drug-likeness (QED) is 0.539. The van der Waals surface area contributed by atoms with E-state index in [-0.39, 0.29) is 5.82 Å². The summed E-state index contributed by atoms with van der Waals surface area (Å²) in [6, 6.07) is 8.35. The van der Waals surface area contributed by atoms with Gasteiger partial charge in [-0.3, -0.25) is 0 Å². The highest BCUT2D eigenvalue weighted by molar-refractivity contribution is 5.47. The van der Waals surface area contributed by atoms with Crippen LogP contribution in [-0.2, 0) is 12.8 Å². The van der Waals surface area contributed by atoms with Crippen LogP contribution in [0.1, 0.15) is 24.7 Å². The van der Waals surface area contributed by atoms with Gasteiger partial charge in [0.2, 0.25) is 0 Å². The number of nitrogens with zero attached hydrogens (tertiary/aromatic N) is 2. The number of hydrogen-bond donors (Lipinski definition) is 3. The molecule has 0 aliphatic carbocycles. The van der Waals surface area contributed by atoms with Crippen molar-refractivity contribution in [1.29, 1.82) is 0 Å². The lowest BCUT2D eigenvalue weighted by molar-refractivity contribution is 0.625. The second-order valence-corrected chi connectivity index (χ2v) is 4.76. The number of anilines is 2. The third-order valence-electron chi connectivity index (χ3n) is 3.00. The summed E-state index contributed by atoms with van der Waals surface area (Å²) in [5, 5.41) is 3.22. The van der Waals surface area contributed by atoms with Crippen molar-refractivity contribution in [3.05, 3.63) is 47.5 Å². The molecule has 2 aromatic rings. The molecule has 0 saturated carbocycles. The van der Waals surface area contributed by atoms with E-state index in [4.69, 9.17) is 5.84 Å². The zero-order valence-corrected chi connectivity index (χ0v) is 12.1. The molecule has 0 saturated heterocycles. The Bertz CT molecular complexity index is 588. The van der Waals surface area contributed by atoms with Gasteiger partial charge in [-0.15, -0.1) is 0 Å². The van der Waals surface area contributed by atoms with Gasteiger partial charge in [0.25, 0.3) is 0 Å². The molecule has 0 atom stereocenters. The molecular formula is C15H20FN5. The average Bonchev–Trinajstić information content (AvgIpc) is 2.47. The molecule has 0 unspecified atom stereocenters. The van der Waals surface area contributed by atoms with Crippen LogP contribution < -0.4 is 16.6 Å². The molecule has 0 amide bonds. The topological polar surface area (TPSA) is 75.9 Å². The van der Waals surface area contributed by atoms with Gasteiger partial charge < -0.3 is 10.7 Å². The number of rotatable bonds is 7. The number of nitrogens with two attached hydrogens (primary N) is 1. The predicted octanol–water partition coefficient (Wildman–Crippen LogP) is 2.51. The van der Waals surface area contributed by atoms with Crippen LogP contribution in [0.3, 0.4) is 0 Å². The third-order valence-corrected chi connectivity index (χ3v) is 3.00. The van der Waals surface area contributed by atoms with Gasteiger partial charge in [0.15, 0.2) is 0 Å². The van der Waals surface area contributed by atoms with Crippen LogP contribution in [-0.4, -0.2) is 16.5 Å². The number of nitrogen functional groups attached to an aromatic ring is 1. The maximum atomic E-state index is 13.1. The Balaban J connectivity index is 1.97. The SMILES string of the molecule is CCCc1nc(NN)cc(NCCc2cccc(F)c2)n1. The number of hydrogen-bond acceptors (Lipinski definition) is 5. The molecule has 4 N–H and O–H groups in total. The summed E-state index contributed by atoms with van der Waals surface area (Å²) < 4.78 is 13.1. The molecule has 112 valence electrons. The Kier molecular flexibility index (Phi) is 5.45. The molecule has 1 aromatic carbocycles. The van der Waals surface area contributed by atoms with Crippen molar-refractivity contribution < 1.29 is 4.39 Å². The monoisotopic (exact) mass is 289 g/mol. The highest BCUT2D eigenvalue weighted by atomic mass is 19.1. The average molecular weight is 289 g/mol. The van der Waals surface area contributed by atoms with Gasteiger partial charge in [0.1, 0.15) is 23.3 Å². The van der Waals surface area contributed by atoms with Crippen molar-refractivity contribution in [3.63, 3.8) is 0 Å². The molecule has 0 aliphatic rings. The summed E-state index contributed by atoms with van der Waals surface area (Å²) in [6.07, 6.45) is 2.49. The van der Waals surface area contributed by atoms with E-state index >= 15 is 0 Å². The molecule has 2 rings (SSSR count). The number of aryl methyl sites for hydroxylation is 1. The molecule has 0 aliphatic heterocycles. The number of halogens is 1. The van der Waals surface area contributed by atoms with Crippen LogP contribution in [0.2, 0.25) is 0 Å². The molecule has 0 bridgehead atoms. The first kappa shape index (κ1) is 15.2. The molecule has 0 radical (unpaired) electrons. The first-order valence-corrected chi connectivity index (χ1v) is 7.04. The van der Waals surface area contributed by atoms with E-state index in [0.717, 1.165) is 36.5 Å². The van der Waals surface area contributed by atoms with Crippen molar-refractivity contribution in [2.75, 3.05) is 17.3 Å². The summed E-state index contributed by atoms with van der Waals surface area (Å²) in [5.41, 5.74) is 3.49. The predicted molar refractivity (Wildman–Crippen MR) is 82.4 cm³/mol. The van der Waals surface area contributed by atoms with E-state index in [9.17, 15) is 4.39 Å². The van der Waals surface area contributed by atoms with Crippen molar-refractivity contribution in [1.82, 2.24) is 9.97 Å². The fourth-order valence-corrected chi connectivity index (χ4v) is 2.02. The Morgan fingerprint density at radius 1 is 1.14 bits per heavy atom. The Labute approximate surface area is 123 Å². The first-order chi connectivity index (χ1) is 10.2. The Hall–Kier alpha value is -2.21. The smallest absolute Gasteiger partial charge is 0.145 e. The Morgan fingerprint density at radius 2 is 1.95 bits per heavy atom. The third kappa shape index (κ3) is 4.68. The van der Waals surface area contributed by atoms with E-state index in [1.165, 1.54) is 12.1 Å². The van der Waals surface area contributed by atoms with Gasteiger partial charge in [0, 0.05) is 19.0 Å². The van der Waals surface area contributed by atoms with Crippen molar-refractivity contribution >= 4 is 11.6 Å². The second-order valence-electron chi connectivity index (χ2n) is 4.76. The van der Waals surface area contributed by atoms with Crippen LogP contribution in [0, 0.1) is 5.82 Å². The number of hydrazine groups is 1. The van der Waals surface area contributed by atoms with Gasteiger partial charge in [-0.05, 0) is 30.5 Å². The minimum atomic E-state index is -0.214. The van der Waals surface area contributed by atoms with Crippen LogP contribution in [0.15, 0.2) is 30.3 Å². The molecule has 21 heavy (non-hydrogen) atoms. The lowest BCUT2D eigenvalue weighted by Crippen LogP contribution is -2.13. The zero-order valence-electron chi connectivity index (χ0n) is 12.1. The number of benzene rings is 1. The molecule has 6 heteroatoms. The van der Waals surface area contributed by atoms with E-state index in [0.29, 0.717) is 12.4 Å². The fraction of sp³-hybridized carbons (Fsp3) is 0.333. The normalized spacial score (nSPS) is 10.4. The van der Waals surface area contributed by atoms with E-state index in [2.05, 4.69) is 27.6 Å². The molecule has 0 spiro atoms. The van der Waals surface area contributed by atoms with Gasteiger partial charge in [0.05, 0.1) is 0 Å².